The Kier molecular flexibility index (Phi) is 3.69. The fraction of sp³-hybridized carbons (Fsp3) is 0.455. The van der Waals surface area contributed by atoms with Crippen molar-refractivity contribution in [2.75, 3.05) is 6.54 Å². The second-order valence-electron chi connectivity index (χ2n) is 3.79. The molecule has 2 rings (SSSR count). The molecule has 0 radical (unpaired) electrons. The monoisotopic (exact) mass is 236 g/mol. The highest BCUT2D eigenvalue weighted by atomic mass is 32.1. The maximum absolute atomic E-state index is 4.40. The first-order valence-electron chi connectivity index (χ1n) is 5.34. The molecule has 2 aromatic heterocycles. The van der Waals surface area contributed by atoms with Crippen molar-refractivity contribution >= 4 is 11.3 Å². The molecule has 0 aliphatic carbocycles. The first kappa shape index (κ1) is 11.3. The van der Waals surface area contributed by atoms with Gasteiger partial charge < -0.3 is 5.32 Å². The molecule has 0 aliphatic heterocycles. The molecule has 16 heavy (non-hydrogen) atoms. The summed E-state index contributed by atoms with van der Waals surface area (Å²) in [6, 6.07) is 2.05. The van der Waals surface area contributed by atoms with E-state index in [2.05, 4.69) is 26.8 Å². The smallest absolute Gasteiger partial charge is 0.107 e. The zero-order valence-corrected chi connectivity index (χ0v) is 10.4. The van der Waals surface area contributed by atoms with Crippen LogP contribution in [-0.2, 0) is 20.0 Å². The number of rotatable bonds is 5. The van der Waals surface area contributed by atoms with Gasteiger partial charge in [-0.15, -0.1) is 11.3 Å². The Bertz CT molecular complexity index is 404. The molecule has 0 amide bonds. The normalized spacial score (nSPS) is 10.9. The van der Waals surface area contributed by atoms with Crippen molar-refractivity contribution in [3.63, 3.8) is 0 Å². The Morgan fingerprint density at radius 2 is 2.38 bits per heavy atom. The van der Waals surface area contributed by atoms with E-state index in [0.717, 1.165) is 35.9 Å². The molecule has 5 heteroatoms. The predicted molar refractivity (Wildman–Crippen MR) is 65.5 cm³/mol. The standard InChI is InChI=1S/C11H16N4S/c1-9-8-16-11(13-9)7-12-5-3-10-4-6-15(2)14-10/h4,6,8,12H,3,5,7H2,1-2H3. The van der Waals surface area contributed by atoms with Gasteiger partial charge in [-0.1, -0.05) is 0 Å². The van der Waals surface area contributed by atoms with Gasteiger partial charge in [0.1, 0.15) is 5.01 Å². The molecular formula is C11H16N4S. The van der Waals surface area contributed by atoms with Crippen molar-refractivity contribution in [2.45, 2.75) is 19.9 Å². The van der Waals surface area contributed by atoms with Gasteiger partial charge in [0, 0.05) is 43.8 Å². The number of nitrogens with one attached hydrogen (secondary N) is 1. The molecule has 0 saturated carbocycles. The lowest BCUT2D eigenvalue weighted by molar-refractivity contribution is 0.663. The SMILES string of the molecule is Cc1csc(CNCCc2ccn(C)n2)n1. The third kappa shape index (κ3) is 3.15. The Morgan fingerprint density at radius 3 is 3.00 bits per heavy atom. The number of nitrogens with zero attached hydrogens (tertiary/aromatic N) is 3. The van der Waals surface area contributed by atoms with Gasteiger partial charge in [-0.2, -0.15) is 5.10 Å². The van der Waals surface area contributed by atoms with Crippen LogP contribution in [0.2, 0.25) is 0 Å². The van der Waals surface area contributed by atoms with Gasteiger partial charge in [-0.05, 0) is 13.0 Å². The summed E-state index contributed by atoms with van der Waals surface area (Å²) in [7, 11) is 1.94. The molecule has 2 aromatic rings. The van der Waals surface area contributed by atoms with E-state index in [1.165, 1.54) is 0 Å². The largest absolute Gasteiger partial charge is 0.310 e. The maximum Gasteiger partial charge on any atom is 0.107 e. The highest BCUT2D eigenvalue weighted by Crippen LogP contribution is 2.07. The van der Waals surface area contributed by atoms with Gasteiger partial charge in [0.05, 0.1) is 5.69 Å². The average molecular weight is 236 g/mol. The number of aryl methyl sites for hydroxylation is 2. The predicted octanol–water partition coefficient (Wildman–Crippen LogP) is 1.52. The Labute approximate surface area is 99.3 Å². The van der Waals surface area contributed by atoms with Crippen molar-refractivity contribution in [2.24, 2.45) is 7.05 Å². The van der Waals surface area contributed by atoms with Crippen LogP contribution in [0.25, 0.3) is 0 Å². The van der Waals surface area contributed by atoms with E-state index in [0.29, 0.717) is 0 Å². The van der Waals surface area contributed by atoms with E-state index in [9.17, 15) is 0 Å². The van der Waals surface area contributed by atoms with Gasteiger partial charge in [0.25, 0.3) is 0 Å². The average Bonchev–Trinajstić information content (AvgIpc) is 2.83. The summed E-state index contributed by atoms with van der Waals surface area (Å²) in [5.41, 5.74) is 2.23. The summed E-state index contributed by atoms with van der Waals surface area (Å²) in [4.78, 5) is 4.40. The van der Waals surface area contributed by atoms with E-state index in [4.69, 9.17) is 0 Å². The fourth-order valence-corrected chi connectivity index (χ4v) is 2.23. The summed E-state index contributed by atoms with van der Waals surface area (Å²) < 4.78 is 1.83. The third-order valence-corrected chi connectivity index (χ3v) is 3.24. The van der Waals surface area contributed by atoms with Crippen LogP contribution in [-0.4, -0.2) is 21.3 Å². The number of hydrogen-bond acceptors (Lipinski definition) is 4. The lowest BCUT2D eigenvalue weighted by Crippen LogP contribution is -2.16. The van der Waals surface area contributed by atoms with Crippen LogP contribution in [0.15, 0.2) is 17.6 Å². The molecule has 1 N–H and O–H groups in total. The second kappa shape index (κ2) is 5.23. The van der Waals surface area contributed by atoms with E-state index in [1.807, 2.05) is 24.9 Å². The van der Waals surface area contributed by atoms with Crippen LogP contribution in [0.4, 0.5) is 0 Å². The van der Waals surface area contributed by atoms with E-state index < -0.39 is 0 Å². The summed E-state index contributed by atoms with van der Waals surface area (Å²) in [6.07, 6.45) is 2.94. The quantitative estimate of drug-likeness (QED) is 0.800. The number of hydrogen-bond donors (Lipinski definition) is 1. The van der Waals surface area contributed by atoms with Crippen molar-refractivity contribution in [3.05, 3.63) is 34.0 Å². The van der Waals surface area contributed by atoms with Gasteiger partial charge in [-0.3, -0.25) is 4.68 Å². The first-order chi connectivity index (χ1) is 7.74. The molecule has 0 bridgehead atoms. The Hall–Kier alpha value is -1.20. The van der Waals surface area contributed by atoms with Crippen molar-refractivity contribution < 1.29 is 0 Å². The molecule has 0 aliphatic rings. The van der Waals surface area contributed by atoms with Crippen LogP contribution < -0.4 is 5.32 Å². The van der Waals surface area contributed by atoms with Gasteiger partial charge in [-0.25, -0.2) is 4.98 Å². The van der Waals surface area contributed by atoms with Crippen LogP contribution >= 0.6 is 11.3 Å². The zero-order valence-electron chi connectivity index (χ0n) is 9.60. The fourth-order valence-electron chi connectivity index (χ4n) is 1.49. The lowest BCUT2D eigenvalue weighted by Gasteiger charge is -2.00. The molecule has 4 nitrogen and oxygen atoms in total. The topological polar surface area (TPSA) is 42.7 Å². The highest BCUT2D eigenvalue weighted by molar-refractivity contribution is 7.09. The van der Waals surface area contributed by atoms with Gasteiger partial charge in [0.2, 0.25) is 0 Å². The molecule has 86 valence electrons. The van der Waals surface area contributed by atoms with E-state index in [1.54, 1.807) is 11.3 Å². The van der Waals surface area contributed by atoms with Crippen LogP contribution in [0.1, 0.15) is 16.4 Å². The van der Waals surface area contributed by atoms with Gasteiger partial charge >= 0.3 is 0 Å². The zero-order chi connectivity index (χ0) is 11.4. The maximum atomic E-state index is 4.40. The summed E-state index contributed by atoms with van der Waals surface area (Å²) in [5, 5.41) is 10.9. The van der Waals surface area contributed by atoms with Crippen LogP contribution in [0.3, 0.4) is 0 Å². The molecule has 0 fully saturated rings. The number of aromatic nitrogens is 3. The van der Waals surface area contributed by atoms with Crippen LogP contribution in [0, 0.1) is 6.92 Å². The van der Waals surface area contributed by atoms with Crippen molar-refractivity contribution in [1.29, 1.82) is 0 Å². The molecule has 2 heterocycles. The minimum Gasteiger partial charge on any atom is -0.310 e. The molecule has 0 spiro atoms. The molecule has 0 unspecified atom stereocenters. The molecule has 0 aromatic carbocycles. The summed E-state index contributed by atoms with van der Waals surface area (Å²) in [5.74, 6) is 0. The third-order valence-electron chi connectivity index (χ3n) is 2.27. The molecular weight excluding hydrogens is 220 g/mol. The van der Waals surface area contributed by atoms with Crippen molar-refractivity contribution in [3.8, 4) is 0 Å². The highest BCUT2D eigenvalue weighted by Gasteiger charge is 1.99. The first-order valence-corrected chi connectivity index (χ1v) is 6.22. The summed E-state index contributed by atoms with van der Waals surface area (Å²) in [6.45, 7) is 3.81. The lowest BCUT2D eigenvalue weighted by atomic mass is 10.3. The molecule has 0 atom stereocenters. The van der Waals surface area contributed by atoms with E-state index >= 15 is 0 Å². The van der Waals surface area contributed by atoms with Crippen molar-refractivity contribution in [1.82, 2.24) is 20.1 Å². The Morgan fingerprint density at radius 1 is 1.50 bits per heavy atom. The molecule has 0 saturated heterocycles. The summed E-state index contributed by atoms with van der Waals surface area (Å²) >= 11 is 1.71. The van der Waals surface area contributed by atoms with Gasteiger partial charge in [0.15, 0.2) is 0 Å². The Balaban J connectivity index is 1.69. The minimum absolute atomic E-state index is 0.853. The second-order valence-corrected chi connectivity index (χ2v) is 4.73. The number of thiazole rings is 1. The van der Waals surface area contributed by atoms with E-state index in [-0.39, 0.29) is 0 Å². The minimum atomic E-state index is 0.853. The van der Waals surface area contributed by atoms with Crippen LogP contribution in [0.5, 0.6) is 0 Å².